The predicted octanol–water partition coefficient (Wildman–Crippen LogP) is 4.65. The van der Waals surface area contributed by atoms with Crippen LogP contribution in [0, 0.1) is 13.8 Å². The van der Waals surface area contributed by atoms with E-state index in [9.17, 15) is 0 Å². The maximum absolute atomic E-state index is 9.10. The van der Waals surface area contributed by atoms with Gasteiger partial charge in [-0.1, -0.05) is 24.3 Å². The second kappa shape index (κ2) is 14.7. The van der Waals surface area contributed by atoms with Crippen molar-refractivity contribution < 1.29 is 14.6 Å². The minimum atomic E-state index is 0.258. The number of hydrogen-bond donors (Lipinski definition) is 2. The normalized spacial score (nSPS) is 17.4. The third kappa shape index (κ3) is 8.18. The van der Waals surface area contributed by atoms with Crippen LogP contribution in [0.3, 0.4) is 0 Å². The molecule has 0 aliphatic carbocycles. The fraction of sp³-hybridized carbons (Fsp3) is 0.613. The Labute approximate surface area is 224 Å². The third-order valence-corrected chi connectivity index (χ3v) is 7.95. The van der Waals surface area contributed by atoms with Gasteiger partial charge >= 0.3 is 0 Å². The zero-order chi connectivity index (χ0) is 25.9. The maximum Gasteiger partial charge on any atom is 0.122 e. The molecule has 0 spiro atoms. The SMILES string of the molecule is Cc1c(OCCCNC2CCN(CCO)CC2)cccc1-c1cccc(OCCCN2CCCC2)c1C. The van der Waals surface area contributed by atoms with Crippen molar-refractivity contribution in [3.63, 3.8) is 0 Å². The van der Waals surface area contributed by atoms with Crippen molar-refractivity contribution in [2.24, 2.45) is 0 Å². The number of β-amino-alcohol motifs (C(OH)–C–C–N with tert-alkyl or cyclic N) is 1. The fourth-order valence-corrected chi connectivity index (χ4v) is 5.66. The number of benzene rings is 2. The van der Waals surface area contributed by atoms with E-state index in [-0.39, 0.29) is 6.61 Å². The number of nitrogens with one attached hydrogen (secondary N) is 1. The first-order valence-corrected chi connectivity index (χ1v) is 14.4. The number of piperidine rings is 1. The lowest BCUT2D eigenvalue weighted by molar-refractivity contribution is 0.156. The molecule has 37 heavy (non-hydrogen) atoms. The van der Waals surface area contributed by atoms with Crippen molar-refractivity contribution in [2.45, 2.75) is 58.4 Å². The van der Waals surface area contributed by atoms with E-state index in [1.807, 2.05) is 0 Å². The molecule has 0 saturated carbocycles. The summed E-state index contributed by atoms with van der Waals surface area (Å²) in [6.07, 6.45) is 7.05. The molecule has 6 nitrogen and oxygen atoms in total. The molecule has 0 aromatic heterocycles. The van der Waals surface area contributed by atoms with Crippen LogP contribution in [-0.4, -0.2) is 86.6 Å². The van der Waals surface area contributed by atoms with E-state index in [1.54, 1.807) is 0 Å². The van der Waals surface area contributed by atoms with Crippen molar-refractivity contribution in [1.82, 2.24) is 15.1 Å². The third-order valence-electron chi connectivity index (χ3n) is 7.95. The molecule has 2 aliphatic heterocycles. The van der Waals surface area contributed by atoms with E-state index in [0.29, 0.717) is 12.6 Å². The van der Waals surface area contributed by atoms with Crippen molar-refractivity contribution in [1.29, 1.82) is 0 Å². The Balaban J connectivity index is 1.24. The van der Waals surface area contributed by atoms with E-state index in [1.165, 1.54) is 48.2 Å². The van der Waals surface area contributed by atoms with E-state index in [0.717, 1.165) is 76.5 Å². The summed E-state index contributed by atoms with van der Waals surface area (Å²) in [6, 6.07) is 13.3. The number of rotatable bonds is 14. The monoisotopic (exact) mass is 509 g/mol. The summed E-state index contributed by atoms with van der Waals surface area (Å²) >= 11 is 0. The van der Waals surface area contributed by atoms with Gasteiger partial charge < -0.3 is 29.7 Å². The van der Waals surface area contributed by atoms with Crippen molar-refractivity contribution in [3.8, 4) is 22.6 Å². The summed E-state index contributed by atoms with van der Waals surface area (Å²) in [6.45, 7) is 13.6. The molecule has 0 bridgehead atoms. The Bertz CT molecular complexity index is 953. The number of hydrogen-bond acceptors (Lipinski definition) is 6. The smallest absolute Gasteiger partial charge is 0.122 e. The molecule has 0 amide bonds. The molecular formula is C31H47N3O3. The molecule has 0 atom stereocenters. The first-order valence-electron chi connectivity index (χ1n) is 14.4. The van der Waals surface area contributed by atoms with Gasteiger partial charge in [0.05, 0.1) is 19.8 Å². The van der Waals surface area contributed by atoms with Crippen LogP contribution in [0.25, 0.3) is 11.1 Å². The highest BCUT2D eigenvalue weighted by Gasteiger charge is 2.18. The first kappa shape index (κ1) is 27.9. The predicted molar refractivity (Wildman–Crippen MR) is 152 cm³/mol. The minimum absolute atomic E-state index is 0.258. The number of likely N-dealkylation sites (tertiary alicyclic amines) is 2. The molecule has 2 aliphatic rings. The molecule has 2 fully saturated rings. The second-order valence-corrected chi connectivity index (χ2v) is 10.6. The summed E-state index contributed by atoms with van der Waals surface area (Å²) < 4.78 is 12.4. The lowest BCUT2D eigenvalue weighted by Crippen LogP contribution is -2.43. The van der Waals surface area contributed by atoms with E-state index in [4.69, 9.17) is 14.6 Å². The second-order valence-electron chi connectivity index (χ2n) is 10.6. The van der Waals surface area contributed by atoms with Gasteiger partial charge in [-0.2, -0.15) is 0 Å². The molecule has 0 radical (unpaired) electrons. The topological polar surface area (TPSA) is 57.2 Å². The standard InChI is InChI=1S/C31H47N3O3/c1-25-28(29-10-6-12-31(26(29)2)37-24-8-18-33-16-3-4-17-33)9-5-11-30(25)36-23-7-15-32-27-13-19-34(20-14-27)21-22-35/h5-6,9-12,27,32,35H,3-4,7-8,13-24H2,1-2H3. The lowest BCUT2D eigenvalue weighted by atomic mass is 9.95. The Morgan fingerprint density at radius 1 is 0.784 bits per heavy atom. The number of aliphatic hydroxyl groups excluding tert-OH is 1. The minimum Gasteiger partial charge on any atom is -0.493 e. The zero-order valence-corrected chi connectivity index (χ0v) is 23.0. The molecule has 2 N–H and O–H groups in total. The average molecular weight is 510 g/mol. The van der Waals surface area contributed by atoms with Gasteiger partial charge in [0, 0.05) is 19.1 Å². The highest BCUT2D eigenvalue weighted by atomic mass is 16.5. The van der Waals surface area contributed by atoms with Crippen LogP contribution in [-0.2, 0) is 0 Å². The van der Waals surface area contributed by atoms with E-state index < -0.39 is 0 Å². The molecule has 2 aromatic rings. The molecule has 204 valence electrons. The van der Waals surface area contributed by atoms with Gasteiger partial charge in [0.2, 0.25) is 0 Å². The van der Waals surface area contributed by atoms with Crippen LogP contribution in [0.15, 0.2) is 36.4 Å². The fourth-order valence-electron chi connectivity index (χ4n) is 5.66. The number of aliphatic hydroxyl groups is 1. The lowest BCUT2D eigenvalue weighted by Gasteiger charge is -2.32. The Hall–Kier alpha value is -2.12. The van der Waals surface area contributed by atoms with Crippen LogP contribution in [0.1, 0.15) is 49.7 Å². The van der Waals surface area contributed by atoms with Gasteiger partial charge in [0.25, 0.3) is 0 Å². The van der Waals surface area contributed by atoms with Crippen molar-refractivity contribution in [3.05, 3.63) is 47.5 Å². The Morgan fingerprint density at radius 3 is 1.95 bits per heavy atom. The largest absolute Gasteiger partial charge is 0.493 e. The molecule has 4 rings (SSSR count). The van der Waals surface area contributed by atoms with Gasteiger partial charge in [-0.05, 0) is 119 Å². The molecule has 2 aromatic carbocycles. The number of ether oxygens (including phenoxy) is 2. The summed E-state index contributed by atoms with van der Waals surface area (Å²) in [5.41, 5.74) is 4.80. The van der Waals surface area contributed by atoms with Crippen molar-refractivity contribution in [2.75, 3.05) is 65.6 Å². The molecule has 2 saturated heterocycles. The molecular weight excluding hydrogens is 462 g/mol. The van der Waals surface area contributed by atoms with Gasteiger partial charge in [-0.15, -0.1) is 0 Å². The molecule has 2 heterocycles. The van der Waals surface area contributed by atoms with Gasteiger partial charge in [0.1, 0.15) is 11.5 Å². The first-order chi connectivity index (χ1) is 18.2. The quantitative estimate of drug-likeness (QED) is 0.362. The zero-order valence-electron chi connectivity index (χ0n) is 23.0. The van der Waals surface area contributed by atoms with Gasteiger partial charge in [0.15, 0.2) is 0 Å². The molecule has 0 unspecified atom stereocenters. The Kier molecular flexibility index (Phi) is 11.1. The summed E-state index contributed by atoms with van der Waals surface area (Å²) in [7, 11) is 0. The van der Waals surface area contributed by atoms with Crippen LogP contribution in [0.2, 0.25) is 0 Å². The van der Waals surface area contributed by atoms with Crippen LogP contribution in [0.4, 0.5) is 0 Å². The summed E-state index contributed by atoms with van der Waals surface area (Å²) in [5, 5.41) is 12.8. The highest BCUT2D eigenvalue weighted by molar-refractivity contribution is 5.74. The van der Waals surface area contributed by atoms with Crippen LogP contribution >= 0.6 is 0 Å². The van der Waals surface area contributed by atoms with Gasteiger partial charge in [-0.25, -0.2) is 0 Å². The van der Waals surface area contributed by atoms with Crippen LogP contribution in [0.5, 0.6) is 11.5 Å². The Morgan fingerprint density at radius 2 is 1.35 bits per heavy atom. The number of nitrogens with zero attached hydrogens (tertiary/aromatic N) is 2. The van der Waals surface area contributed by atoms with Gasteiger partial charge in [-0.3, -0.25) is 0 Å². The summed E-state index contributed by atoms with van der Waals surface area (Å²) in [4.78, 5) is 4.89. The van der Waals surface area contributed by atoms with Crippen LogP contribution < -0.4 is 14.8 Å². The van der Waals surface area contributed by atoms with Crippen molar-refractivity contribution >= 4 is 0 Å². The highest BCUT2D eigenvalue weighted by Crippen LogP contribution is 2.35. The molecule has 6 heteroatoms. The van der Waals surface area contributed by atoms with E-state index in [2.05, 4.69) is 65.4 Å². The summed E-state index contributed by atoms with van der Waals surface area (Å²) in [5.74, 6) is 1.95. The van der Waals surface area contributed by atoms with E-state index >= 15 is 0 Å². The maximum atomic E-state index is 9.10. The average Bonchev–Trinajstić information content (AvgIpc) is 3.43.